The first-order valence-electron chi connectivity index (χ1n) is 10.0. The summed E-state index contributed by atoms with van der Waals surface area (Å²) in [5.41, 5.74) is 0.125. The number of ether oxygens (including phenoxy) is 1. The summed E-state index contributed by atoms with van der Waals surface area (Å²) >= 11 is 6.75. The number of rotatable bonds is 5. The summed E-state index contributed by atoms with van der Waals surface area (Å²) in [4.78, 5) is 54.7. The number of methoxy groups -OCH3 is 1. The van der Waals surface area contributed by atoms with Crippen LogP contribution in [-0.4, -0.2) is 39.8 Å². The fraction of sp³-hybridized carbons (Fsp3) is 0.130. The van der Waals surface area contributed by atoms with Gasteiger partial charge in [0.2, 0.25) is 0 Å². The number of benzene rings is 2. The number of aryl methyl sites for hydroxylation is 1. The molecular weight excluding hydrogens is 498 g/mol. The van der Waals surface area contributed by atoms with E-state index in [1.54, 1.807) is 6.92 Å². The number of amides is 1. The molecule has 1 atom stereocenters. The van der Waals surface area contributed by atoms with E-state index in [0.717, 1.165) is 16.2 Å². The Bertz CT molecular complexity index is 1410. The second kappa shape index (κ2) is 9.28. The molecule has 35 heavy (non-hydrogen) atoms. The fourth-order valence-corrected chi connectivity index (χ4v) is 4.82. The molecule has 2 heterocycles. The number of anilines is 1. The number of nitrogens with zero attached hydrogens (tertiary/aromatic N) is 3. The highest BCUT2D eigenvalue weighted by molar-refractivity contribution is 7.17. The molecule has 12 heteroatoms. The first kappa shape index (κ1) is 24.0. The number of carbonyl (C=O) groups is 3. The minimum atomic E-state index is -1.25. The molecule has 1 fully saturated rings. The molecule has 0 spiro atoms. The minimum absolute atomic E-state index is 0.00309. The molecule has 2 aromatic carbocycles. The lowest BCUT2D eigenvalue weighted by atomic mass is 9.95. The third kappa shape index (κ3) is 4.27. The van der Waals surface area contributed by atoms with E-state index in [4.69, 9.17) is 16.3 Å². The third-order valence-electron chi connectivity index (χ3n) is 5.32. The first-order chi connectivity index (χ1) is 16.6. The van der Waals surface area contributed by atoms with E-state index in [1.165, 1.54) is 55.6 Å². The normalized spacial score (nSPS) is 17.0. The molecule has 1 aliphatic rings. The SMILES string of the molecule is COC(=O)c1sc(N2C(=O)C(=O)C(=C(O)c3ccc(Cl)cc3)C2c2cccc([N+](=O)[O-])c2)nc1C. The molecule has 0 bridgehead atoms. The number of halogens is 1. The van der Waals surface area contributed by atoms with E-state index >= 15 is 0 Å². The molecule has 3 aromatic rings. The van der Waals surface area contributed by atoms with Crippen molar-refractivity contribution in [1.29, 1.82) is 0 Å². The largest absolute Gasteiger partial charge is 0.507 e. The monoisotopic (exact) mass is 513 g/mol. The number of non-ortho nitro benzene ring substituents is 1. The molecule has 0 saturated carbocycles. The molecule has 4 rings (SSSR count). The highest BCUT2D eigenvalue weighted by atomic mass is 35.5. The lowest BCUT2D eigenvalue weighted by Gasteiger charge is -2.22. The standard InChI is InChI=1S/C23H16ClN3O7S/c1-11-20(22(31)34-2)35-23(25-11)26-17(13-4-3-5-15(10-13)27(32)33)16(19(29)21(26)30)18(28)12-6-8-14(24)9-7-12/h3-10,17,28H,1-2H3. The average Bonchev–Trinajstić information content (AvgIpc) is 3.35. The van der Waals surface area contributed by atoms with Crippen LogP contribution in [0.4, 0.5) is 10.8 Å². The molecule has 1 aliphatic heterocycles. The number of nitro benzene ring substituents is 1. The molecule has 1 aromatic heterocycles. The van der Waals surface area contributed by atoms with Crippen LogP contribution >= 0.6 is 22.9 Å². The Balaban J connectivity index is 1.96. The number of aliphatic hydroxyl groups is 1. The maximum Gasteiger partial charge on any atom is 0.350 e. The Labute approximate surface area is 207 Å². The second-order valence-electron chi connectivity index (χ2n) is 7.43. The molecule has 1 saturated heterocycles. The van der Waals surface area contributed by atoms with Crippen molar-refractivity contribution in [3.05, 3.63) is 90.9 Å². The summed E-state index contributed by atoms with van der Waals surface area (Å²) in [5, 5.41) is 22.9. The van der Waals surface area contributed by atoms with Gasteiger partial charge >= 0.3 is 11.9 Å². The highest BCUT2D eigenvalue weighted by Gasteiger charge is 2.48. The van der Waals surface area contributed by atoms with Gasteiger partial charge in [-0.15, -0.1) is 0 Å². The summed E-state index contributed by atoms with van der Waals surface area (Å²) in [7, 11) is 1.20. The molecule has 10 nitrogen and oxygen atoms in total. The molecular formula is C23H16ClN3O7S. The Morgan fingerprint density at radius 2 is 1.91 bits per heavy atom. The van der Waals surface area contributed by atoms with Crippen molar-refractivity contribution in [1.82, 2.24) is 4.98 Å². The number of aliphatic hydroxyl groups excluding tert-OH is 1. The summed E-state index contributed by atoms with van der Waals surface area (Å²) in [5.74, 6) is -3.18. The van der Waals surface area contributed by atoms with Crippen LogP contribution in [-0.2, 0) is 14.3 Å². The average molecular weight is 514 g/mol. The number of thiazole rings is 1. The van der Waals surface area contributed by atoms with Gasteiger partial charge in [0.15, 0.2) is 5.13 Å². The van der Waals surface area contributed by atoms with E-state index < -0.39 is 34.4 Å². The Kier molecular flexibility index (Phi) is 6.37. The van der Waals surface area contributed by atoms with Gasteiger partial charge in [-0.3, -0.25) is 24.6 Å². The zero-order valence-corrected chi connectivity index (χ0v) is 19.8. The molecule has 0 aliphatic carbocycles. The van der Waals surface area contributed by atoms with Gasteiger partial charge < -0.3 is 9.84 Å². The van der Waals surface area contributed by atoms with E-state index in [2.05, 4.69) is 4.98 Å². The van der Waals surface area contributed by atoms with Crippen molar-refractivity contribution in [2.45, 2.75) is 13.0 Å². The summed E-state index contributed by atoms with van der Waals surface area (Å²) in [6.45, 7) is 1.54. The fourth-order valence-electron chi connectivity index (χ4n) is 3.68. The Hall–Kier alpha value is -4.09. The predicted octanol–water partition coefficient (Wildman–Crippen LogP) is 4.43. The van der Waals surface area contributed by atoms with Crippen molar-refractivity contribution in [2.75, 3.05) is 12.0 Å². The van der Waals surface area contributed by atoms with E-state index in [-0.39, 0.29) is 38.1 Å². The minimum Gasteiger partial charge on any atom is -0.507 e. The number of hydrogen-bond acceptors (Lipinski definition) is 9. The van der Waals surface area contributed by atoms with E-state index in [9.17, 15) is 29.6 Å². The van der Waals surface area contributed by atoms with Crippen LogP contribution in [0.2, 0.25) is 5.02 Å². The summed E-state index contributed by atoms with van der Waals surface area (Å²) in [6, 6.07) is 10.1. The van der Waals surface area contributed by atoms with Crippen LogP contribution in [0.15, 0.2) is 54.1 Å². The van der Waals surface area contributed by atoms with Crippen molar-refractivity contribution < 1.29 is 29.2 Å². The first-order valence-corrected chi connectivity index (χ1v) is 11.2. The number of aromatic nitrogens is 1. The van der Waals surface area contributed by atoms with Crippen LogP contribution in [0.5, 0.6) is 0 Å². The number of Topliss-reactive ketones (excluding diaryl/α,β-unsaturated/α-hetero) is 1. The Morgan fingerprint density at radius 1 is 1.23 bits per heavy atom. The number of hydrogen-bond donors (Lipinski definition) is 1. The number of carbonyl (C=O) groups excluding carboxylic acids is 3. The quantitative estimate of drug-likeness (QED) is 0.132. The molecule has 1 N–H and O–H groups in total. The van der Waals surface area contributed by atoms with Crippen molar-refractivity contribution in [2.24, 2.45) is 0 Å². The maximum absolute atomic E-state index is 13.2. The summed E-state index contributed by atoms with van der Waals surface area (Å²) in [6.07, 6.45) is 0. The van der Waals surface area contributed by atoms with Crippen molar-refractivity contribution >= 4 is 57.2 Å². The van der Waals surface area contributed by atoms with Crippen LogP contribution < -0.4 is 4.90 Å². The van der Waals surface area contributed by atoms with Crippen LogP contribution in [0.3, 0.4) is 0 Å². The zero-order valence-electron chi connectivity index (χ0n) is 18.2. The molecule has 1 unspecified atom stereocenters. The lowest BCUT2D eigenvalue weighted by molar-refractivity contribution is -0.384. The predicted molar refractivity (Wildman–Crippen MR) is 128 cm³/mol. The van der Waals surface area contributed by atoms with Gasteiger partial charge in [0, 0.05) is 22.7 Å². The van der Waals surface area contributed by atoms with Crippen LogP contribution in [0.1, 0.15) is 32.5 Å². The van der Waals surface area contributed by atoms with Crippen molar-refractivity contribution in [3.8, 4) is 0 Å². The zero-order chi connectivity index (χ0) is 25.4. The molecule has 1 amide bonds. The Morgan fingerprint density at radius 3 is 2.54 bits per heavy atom. The van der Waals surface area contributed by atoms with Crippen LogP contribution in [0.25, 0.3) is 5.76 Å². The van der Waals surface area contributed by atoms with Gasteiger partial charge in [-0.25, -0.2) is 9.78 Å². The van der Waals surface area contributed by atoms with Crippen molar-refractivity contribution in [3.63, 3.8) is 0 Å². The number of nitro groups is 1. The van der Waals surface area contributed by atoms with Gasteiger partial charge in [0.25, 0.3) is 11.5 Å². The van der Waals surface area contributed by atoms with Gasteiger partial charge in [-0.05, 0) is 36.8 Å². The number of ketones is 1. The lowest BCUT2D eigenvalue weighted by Crippen LogP contribution is -2.29. The van der Waals surface area contributed by atoms with E-state index in [0.29, 0.717) is 5.02 Å². The van der Waals surface area contributed by atoms with E-state index in [1.807, 2.05) is 0 Å². The smallest absolute Gasteiger partial charge is 0.350 e. The molecule has 0 radical (unpaired) electrons. The van der Waals surface area contributed by atoms with Crippen LogP contribution in [0, 0.1) is 17.0 Å². The van der Waals surface area contributed by atoms with Gasteiger partial charge in [0.05, 0.1) is 29.3 Å². The topological polar surface area (TPSA) is 140 Å². The molecule has 178 valence electrons. The maximum atomic E-state index is 13.2. The number of esters is 1. The van der Waals surface area contributed by atoms with Gasteiger partial charge in [-0.2, -0.15) is 0 Å². The third-order valence-corrected chi connectivity index (χ3v) is 6.71. The summed E-state index contributed by atoms with van der Waals surface area (Å²) < 4.78 is 4.75. The highest BCUT2D eigenvalue weighted by Crippen LogP contribution is 2.44. The van der Waals surface area contributed by atoms with Gasteiger partial charge in [0.1, 0.15) is 10.6 Å². The second-order valence-corrected chi connectivity index (χ2v) is 8.84. The van der Waals surface area contributed by atoms with Gasteiger partial charge in [-0.1, -0.05) is 35.1 Å².